The molecule has 10 nitrogen and oxygen atoms in total. The zero-order valence-corrected chi connectivity index (χ0v) is 33.8. The third-order valence-electron chi connectivity index (χ3n) is 13.4. The molecule has 288 valence electrons. The van der Waals surface area contributed by atoms with Crippen molar-refractivity contribution < 1.29 is 46.3 Å². The maximum Gasteiger partial charge on any atom is 0.338 e. The van der Waals surface area contributed by atoms with Gasteiger partial charge in [0.25, 0.3) is 0 Å². The largest absolute Gasteiger partial charge is 0.458 e. The fourth-order valence-corrected chi connectivity index (χ4v) is 12.7. The van der Waals surface area contributed by atoms with Crippen LogP contribution in [0.15, 0.2) is 29.8 Å². The summed E-state index contributed by atoms with van der Waals surface area (Å²) in [5.41, 5.74) is 3.09. The Morgan fingerprint density at radius 2 is 1.54 bits per heavy atom. The standard InChI is InChI=1S/C40H58O10P2/c1-9-20-49-37(41)15-10-27(2)34-13-14-35-33-12-11-31-24-32(16-18-39(31,3)36(33)17-19-40(34,35)4)50-38(42)30-22-28(25-51(43,45-5)46-6)21-29(23-30)26-52(44,47-7)48-8/h1,11,21-23,27,32-36H,10,12-20,24-26H2,2-8H3/t27-,32-,33+,34-,35+,36+,39+,40-/m1/s1. The molecule has 4 aliphatic carbocycles. The molecule has 4 aliphatic rings. The highest BCUT2D eigenvalue weighted by Gasteiger charge is 2.59. The second-order valence-corrected chi connectivity index (χ2v) is 20.5. The average molecular weight is 761 g/mol. The van der Waals surface area contributed by atoms with E-state index in [4.69, 9.17) is 34.0 Å². The molecule has 0 aromatic heterocycles. The molecule has 3 saturated carbocycles. The van der Waals surface area contributed by atoms with Crippen molar-refractivity contribution in [3.8, 4) is 12.3 Å². The van der Waals surface area contributed by atoms with Gasteiger partial charge in [-0.25, -0.2) is 4.79 Å². The molecule has 0 amide bonds. The molecular weight excluding hydrogens is 702 g/mol. The van der Waals surface area contributed by atoms with Crippen LogP contribution in [0.1, 0.15) is 106 Å². The van der Waals surface area contributed by atoms with Crippen LogP contribution in [-0.2, 0) is 53.8 Å². The number of benzene rings is 1. The first-order valence-electron chi connectivity index (χ1n) is 18.7. The first kappa shape index (κ1) is 40.9. The van der Waals surface area contributed by atoms with Gasteiger partial charge in [-0.1, -0.05) is 44.4 Å². The van der Waals surface area contributed by atoms with E-state index in [9.17, 15) is 18.7 Å². The maximum absolute atomic E-state index is 13.7. The summed E-state index contributed by atoms with van der Waals surface area (Å²) in [6, 6.07) is 4.99. The lowest BCUT2D eigenvalue weighted by Gasteiger charge is -2.58. The lowest BCUT2D eigenvalue weighted by atomic mass is 9.47. The summed E-state index contributed by atoms with van der Waals surface area (Å²) in [6.45, 7) is 7.31. The summed E-state index contributed by atoms with van der Waals surface area (Å²) in [5.74, 6) is 4.64. The molecule has 0 heterocycles. The Bertz CT molecular complexity index is 1590. The topological polar surface area (TPSA) is 124 Å². The molecule has 0 aliphatic heterocycles. The van der Waals surface area contributed by atoms with Gasteiger partial charge in [0.1, 0.15) is 6.10 Å². The van der Waals surface area contributed by atoms with Gasteiger partial charge in [-0.15, -0.1) is 6.42 Å². The van der Waals surface area contributed by atoms with Crippen molar-refractivity contribution in [3.05, 3.63) is 46.5 Å². The zero-order valence-electron chi connectivity index (χ0n) is 32.0. The van der Waals surface area contributed by atoms with Crippen molar-refractivity contribution in [2.75, 3.05) is 35.0 Å². The summed E-state index contributed by atoms with van der Waals surface area (Å²) in [6.07, 6.45) is 16.9. The van der Waals surface area contributed by atoms with E-state index in [-0.39, 0.29) is 47.4 Å². The highest BCUT2D eigenvalue weighted by molar-refractivity contribution is 7.53. The number of hydrogen-bond acceptors (Lipinski definition) is 10. The van der Waals surface area contributed by atoms with Crippen LogP contribution in [0.4, 0.5) is 0 Å². The number of terminal acetylenes is 1. The smallest absolute Gasteiger partial charge is 0.338 e. The number of carbonyl (C=O) groups excluding carboxylic acids is 2. The van der Waals surface area contributed by atoms with E-state index >= 15 is 0 Å². The lowest BCUT2D eigenvalue weighted by Crippen LogP contribution is -2.51. The van der Waals surface area contributed by atoms with Crippen LogP contribution in [0.2, 0.25) is 0 Å². The van der Waals surface area contributed by atoms with E-state index in [1.165, 1.54) is 59.7 Å². The van der Waals surface area contributed by atoms with Gasteiger partial charge in [-0.3, -0.25) is 13.9 Å². The summed E-state index contributed by atoms with van der Waals surface area (Å²) < 4.78 is 57.9. The summed E-state index contributed by atoms with van der Waals surface area (Å²) >= 11 is 0. The number of hydrogen-bond donors (Lipinski definition) is 0. The minimum atomic E-state index is -3.45. The summed E-state index contributed by atoms with van der Waals surface area (Å²) in [7, 11) is -1.64. The third-order valence-corrected chi connectivity index (χ3v) is 17.1. The zero-order chi connectivity index (χ0) is 37.9. The van der Waals surface area contributed by atoms with Gasteiger partial charge in [0.2, 0.25) is 0 Å². The Hall–Kier alpha value is -2.24. The SMILES string of the molecule is C#CCOC(=O)CC[C@@H](C)[C@H]1CC[C@H]2[C@@H]3CC=C4C[C@H](OC(=O)c5cc(CP(=O)(OC)OC)cc(CP(=O)(OC)OC)c5)CC[C@]4(C)[C@H]3CC[C@]12C. The molecule has 0 N–H and O–H groups in total. The Morgan fingerprint density at radius 1 is 0.904 bits per heavy atom. The first-order chi connectivity index (χ1) is 24.7. The van der Waals surface area contributed by atoms with Crippen molar-refractivity contribution in [2.45, 2.75) is 103 Å². The lowest BCUT2D eigenvalue weighted by molar-refractivity contribution is -0.142. The Balaban J connectivity index is 1.27. The molecule has 3 fully saturated rings. The number of allylic oxidation sites excluding steroid dienone is 1. The van der Waals surface area contributed by atoms with Crippen LogP contribution < -0.4 is 0 Å². The van der Waals surface area contributed by atoms with Crippen LogP contribution in [0.25, 0.3) is 0 Å². The molecule has 12 heteroatoms. The second kappa shape index (κ2) is 16.6. The molecular formula is C40H58O10P2. The van der Waals surface area contributed by atoms with Crippen LogP contribution >= 0.6 is 15.2 Å². The molecule has 5 rings (SSSR count). The molecule has 0 bridgehead atoms. The first-order valence-corrected chi connectivity index (χ1v) is 22.2. The molecule has 0 radical (unpaired) electrons. The predicted molar refractivity (Wildman–Crippen MR) is 200 cm³/mol. The molecule has 0 spiro atoms. The van der Waals surface area contributed by atoms with E-state index in [0.29, 0.717) is 53.6 Å². The van der Waals surface area contributed by atoms with Gasteiger partial charge >= 0.3 is 27.1 Å². The van der Waals surface area contributed by atoms with E-state index in [1.54, 1.807) is 18.2 Å². The Morgan fingerprint density at radius 3 is 2.13 bits per heavy atom. The second-order valence-electron chi connectivity index (χ2n) is 15.9. The van der Waals surface area contributed by atoms with Gasteiger partial charge in [-0.2, -0.15) is 0 Å². The molecule has 8 atom stereocenters. The van der Waals surface area contributed by atoms with Crippen molar-refractivity contribution in [3.63, 3.8) is 0 Å². The minimum Gasteiger partial charge on any atom is -0.458 e. The molecule has 0 saturated heterocycles. The van der Waals surface area contributed by atoms with Gasteiger partial charge in [0.05, 0.1) is 17.9 Å². The van der Waals surface area contributed by atoms with E-state index in [2.05, 4.69) is 32.8 Å². The number of fused-ring (bicyclic) bond motifs is 5. The Labute approximate surface area is 310 Å². The maximum atomic E-state index is 13.7. The molecule has 0 unspecified atom stereocenters. The van der Waals surface area contributed by atoms with Crippen LogP contribution in [-0.4, -0.2) is 53.1 Å². The van der Waals surface area contributed by atoms with Gasteiger partial charge in [0, 0.05) is 41.3 Å². The minimum absolute atomic E-state index is 0.0385. The number of ether oxygens (including phenoxy) is 2. The normalized spacial score (nSPS) is 30.6. The fraction of sp³-hybridized carbons (Fsp3) is 0.700. The summed E-state index contributed by atoms with van der Waals surface area (Å²) in [5, 5.41) is 0. The van der Waals surface area contributed by atoms with Crippen LogP contribution in [0, 0.1) is 52.8 Å². The Kier molecular flexibility index (Phi) is 13.1. The van der Waals surface area contributed by atoms with E-state index in [0.717, 1.165) is 25.7 Å². The number of esters is 2. The third kappa shape index (κ3) is 8.51. The highest BCUT2D eigenvalue weighted by atomic mass is 31.2. The quantitative estimate of drug-likeness (QED) is 0.0740. The highest BCUT2D eigenvalue weighted by Crippen LogP contribution is 2.67. The number of carbonyl (C=O) groups is 2. The van der Waals surface area contributed by atoms with Gasteiger partial charge < -0.3 is 27.6 Å². The molecule has 52 heavy (non-hydrogen) atoms. The predicted octanol–water partition coefficient (Wildman–Crippen LogP) is 9.36. The molecule has 1 aromatic rings. The molecule has 1 aromatic carbocycles. The fourth-order valence-electron chi connectivity index (χ4n) is 10.6. The number of rotatable bonds is 15. The van der Waals surface area contributed by atoms with Crippen LogP contribution in [0.5, 0.6) is 0 Å². The van der Waals surface area contributed by atoms with Gasteiger partial charge in [-0.05, 0) is 115 Å². The van der Waals surface area contributed by atoms with E-state index < -0.39 is 21.2 Å². The van der Waals surface area contributed by atoms with Crippen molar-refractivity contribution in [1.29, 1.82) is 0 Å². The van der Waals surface area contributed by atoms with E-state index in [1.807, 2.05) is 0 Å². The summed E-state index contributed by atoms with van der Waals surface area (Å²) in [4.78, 5) is 25.9. The monoisotopic (exact) mass is 760 g/mol. The van der Waals surface area contributed by atoms with Crippen molar-refractivity contribution >= 4 is 27.1 Å². The van der Waals surface area contributed by atoms with Crippen molar-refractivity contribution in [2.24, 2.45) is 40.4 Å². The van der Waals surface area contributed by atoms with Gasteiger partial charge in [0.15, 0.2) is 6.61 Å². The average Bonchev–Trinajstić information content (AvgIpc) is 3.50. The van der Waals surface area contributed by atoms with Crippen molar-refractivity contribution in [1.82, 2.24) is 0 Å². The van der Waals surface area contributed by atoms with Crippen LogP contribution in [0.3, 0.4) is 0 Å².